The lowest BCUT2D eigenvalue weighted by Gasteiger charge is -2.06. The highest BCUT2D eigenvalue weighted by Crippen LogP contribution is 2.49. The zero-order chi connectivity index (χ0) is 16.9. The lowest BCUT2D eigenvalue weighted by atomic mass is 10.3. The van der Waals surface area contributed by atoms with Gasteiger partial charge in [-0.3, -0.25) is 0 Å². The number of hydrogen-bond acceptors (Lipinski definition) is 6. The summed E-state index contributed by atoms with van der Waals surface area (Å²) in [6.07, 6.45) is 0. The van der Waals surface area contributed by atoms with E-state index in [1.165, 1.54) is 9.75 Å². The third-order valence-corrected chi connectivity index (χ3v) is 6.54. The van der Waals surface area contributed by atoms with Crippen LogP contribution in [-0.2, 0) is 0 Å². The van der Waals surface area contributed by atoms with Gasteiger partial charge in [-0.15, -0.1) is 34.0 Å². The SMILES string of the molecule is CCOc1csc(-c2cc(OCC)c(-c3sccc3OCC)s2)c1. The first kappa shape index (κ1) is 17.3. The topological polar surface area (TPSA) is 27.7 Å². The van der Waals surface area contributed by atoms with Crippen molar-refractivity contribution in [2.75, 3.05) is 19.8 Å². The summed E-state index contributed by atoms with van der Waals surface area (Å²) >= 11 is 5.13. The molecular formula is C18H20O3S3. The van der Waals surface area contributed by atoms with E-state index < -0.39 is 0 Å². The summed E-state index contributed by atoms with van der Waals surface area (Å²) in [7, 11) is 0. The Morgan fingerprint density at radius 1 is 0.792 bits per heavy atom. The molecule has 0 spiro atoms. The molecule has 0 amide bonds. The number of ether oxygens (including phenoxy) is 3. The molecule has 0 aliphatic rings. The maximum Gasteiger partial charge on any atom is 0.139 e. The van der Waals surface area contributed by atoms with Gasteiger partial charge in [-0.05, 0) is 38.3 Å². The maximum atomic E-state index is 5.89. The van der Waals surface area contributed by atoms with E-state index >= 15 is 0 Å². The summed E-state index contributed by atoms with van der Waals surface area (Å²) in [6.45, 7) is 8.01. The highest BCUT2D eigenvalue weighted by Gasteiger charge is 2.19. The van der Waals surface area contributed by atoms with Gasteiger partial charge < -0.3 is 14.2 Å². The summed E-state index contributed by atoms with van der Waals surface area (Å²) in [5.74, 6) is 2.78. The van der Waals surface area contributed by atoms with Crippen molar-refractivity contribution in [3.05, 3.63) is 29.0 Å². The van der Waals surface area contributed by atoms with Crippen LogP contribution in [0.1, 0.15) is 20.8 Å². The van der Waals surface area contributed by atoms with Crippen molar-refractivity contribution < 1.29 is 14.2 Å². The summed E-state index contributed by atoms with van der Waals surface area (Å²) in [5, 5.41) is 4.11. The Labute approximate surface area is 154 Å². The molecule has 3 heterocycles. The number of hydrogen-bond donors (Lipinski definition) is 0. The van der Waals surface area contributed by atoms with Gasteiger partial charge in [-0.2, -0.15) is 0 Å². The molecule has 3 rings (SSSR count). The van der Waals surface area contributed by atoms with Crippen LogP contribution in [0.3, 0.4) is 0 Å². The van der Waals surface area contributed by atoms with Crippen molar-refractivity contribution in [2.24, 2.45) is 0 Å². The zero-order valence-corrected chi connectivity index (χ0v) is 16.4. The Morgan fingerprint density at radius 3 is 2.29 bits per heavy atom. The van der Waals surface area contributed by atoms with Crippen LogP contribution in [-0.4, -0.2) is 19.8 Å². The quantitative estimate of drug-likeness (QED) is 0.452. The van der Waals surface area contributed by atoms with Crippen LogP contribution in [0.4, 0.5) is 0 Å². The van der Waals surface area contributed by atoms with Gasteiger partial charge in [0, 0.05) is 21.2 Å². The Morgan fingerprint density at radius 2 is 1.54 bits per heavy atom. The van der Waals surface area contributed by atoms with Crippen molar-refractivity contribution >= 4 is 34.0 Å². The molecule has 0 aliphatic carbocycles. The molecule has 3 aromatic rings. The van der Waals surface area contributed by atoms with Gasteiger partial charge in [-0.1, -0.05) is 0 Å². The van der Waals surface area contributed by atoms with Crippen molar-refractivity contribution in [1.29, 1.82) is 0 Å². The van der Waals surface area contributed by atoms with E-state index in [9.17, 15) is 0 Å². The minimum absolute atomic E-state index is 0.646. The molecule has 0 atom stereocenters. The second-order valence-electron chi connectivity index (χ2n) is 4.86. The third kappa shape index (κ3) is 3.61. The Balaban J connectivity index is 1.99. The molecule has 0 saturated heterocycles. The van der Waals surface area contributed by atoms with Crippen LogP contribution in [0.5, 0.6) is 17.2 Å². The first-order valence-corrected chi connectivity index (χ1v) is 10.5. The van der Waals surface area contributed by atoms with E-state index in [0.29, 0.717) is 19.8 Å². The standard InChI is InChI=1S/C18H20O3S3/c1-4-19-12-9-15(23-11-12)16-10-14(21-6-3)18(24-16)17-13(20-5-2)7-8-22-17/h7-11H,4-6H2,1-3H3. The van der Waals surface area contributed by atoms with Crippen LogP contribution in [0.25, 0.3) is 19.5 Å². The van der Waals surface area contributed by atoms with E-state index in [1.807, 2.05) is 26.8 Å². The van der Waals surface area contributed by atoms with Crippen molar-refractivity contribution in [1.82, 2.24) is 0 Å². The molecule has 3 aromatic heterocycles. The molecule has 0 bridgehead atoms. The monoisotopic (exact) mass is 380 g/mol. The lowest BCUT2D eigenvalue weighted by molar-refractivity contribution is 0.338. The van der Waals surface area contributed by atoms with E-state index in [2.05, 4.69) is 22.9 Å². The van der Waals surface area contributed by atoms with E-state index in [4.69, 9.17) is 14.2 Å². The van der Waals surface area contributed by atoms with Crippen LogP contribution in [0.2, 0.25) is 0 Å². The van der Waals surface area contributed by atoms with E-state index in [0.717, 1.165) is 27.0 Å². The zero-order valence-electron chi connectivity index (χ0n) is 14.0. The highest BCUT2D eigenvalue weighted by atomic mass is 32.1. The third-order valence-electron chi connectivity index (χ3n) is 3.26. The first-order valence-electron chi connectivity index (χ1n) is 7.95. The van der Waals surface area contributed by atoms with Crippen molar-refractivity contribution in [3.63, 3.8) is 0 Å². The summed E-state index contributed by atoms with van der Waals surface area (Å²) in [5.41, 5.74) is 0. The first-order chi connectivity index (χ1) is 11.8. The fourth-order valence-electron chi connectivity index (χ4n) is 2.34. The Bertz CT molecular complexity index is 785. The van der Waals surface area contributed by atoms with E-state index in [-0.39, 0.29) is 0 Å². The van der Waals surface area contributed by atoms with Gasteiger partial charge in [0.1, 0.15) is 17.2 Å². The van der Waals surface area contributed by atoms with Crippen LogP contribution in [0.15, 0.2) is 29.0 Å². The van der Waals surface area contributed by atoms with Crippen molar-refractivity contribution in [2.45, 2.75) is 20.8 Å². The fraction of sp³-hybridized carbons (Fsp3) is 0.333. The van der Waals surface area contributed by atoms with E-state index in [1.54, 1.807) is 34.0 Å². The van der Waals surface area contributed by atoms with Gasteiger partial charge >= 0.3 is 0 Å². The minimum atomic E-state index is 0.646. The van der Waals surface area contributed by atoms with Gasteiger partial charge in [0.05, 0.1) is 29.6 Å². The van der Waals surface area contributed by atoms with Gasteiger partial charge in [0.25, 0.3) is 0 Å². The molecule has 3 nitrogen and oxygen atoms in total. The predicted octanol–water partition coefficient (Wildman–Crippen LogP) is 6.40. The average molecular weight is 381 g/mol. The van der Waals surface area contributed by atoms with Crippen LogP contribution >= 0.6 is 34.0 Å². The Kier molecular flexibility index (Phi) is 5.81. The lowest BCUT2D eigenvalue weighted by Crippen LogP contribution is -1.92. The molecule has 0 aliphatic heterocycles. The summed E-state index contributed by atoms with van der Waals surface area (Å²) in [6, 6.07) is 6.24. The molecule has 0 N–H and O–H groups in total. The Hall–Kier alpha value is -1.50. The smallest absolute Gasteiger partial charge is 0.139 e. The fourth-order valence-corrected chi connectivity index (χ4v) is 5.35. The minimum Gasteiger partial charge on any atom is -0.493 e. The molecule has 24 heavy (non-hydrogen) atoms. The molecule has 0 saturated carbocycles. The summed E-state index contributed by atoms with van der Waals surface area (Å²) < 4.78 is 17.2. The number of rotatable bonds is 8. The molecule has 128 valence electrons. The average Bonchev–Trinajstić information content (AvgIpc) is 3.28. The second kappa shape index (κ2) is 8.05. The number of thiophene rings is 3. The second-order valence-corrected chi connectivity index (χ2v) is 7.74. The van der Waals surface area contributed by atoms with Gasteiger partial charge in [-0.25, -0.2) is 0 Å². The normalized spacial score (nSPS) is 10.8. The molecule has 6 heteroatoms. The van der Waals surface area contributed by atoms with Gasteiger partial charge in [0.15, 0.2) is 0 Å². The van der Waals surface area contributed by atoms with Crippen molar-refractivity contribution in [3.8, 4) is 36.8 Å². The largest absolute Gasteiger partial charge is 0.493 e. The van der Waals surface area contributed by atoms with Crippen LogP contribution < -0.4 is 14.2 Å². The highest BCUT2D eigenvalue weighted by molar-refractivity contribution is 7.26. The maximum absolute atomic E-state index is 5.89. The van der Waals surface area contributed by atoms with Gasteiger partial charge in [0.2, 0.25) is 0 Å². The predicted molar refractivity (Wildman–Crippen MR) is 104 cm³/mol. The molecule has 0 fully saturated rings. The molecule has 0 unspecified atom stereocenters. The summed E-state index contributed by atoms with van der Waals surface area (Å²) in [4.78, 5) is 4.67. The van der Waals surface area contributed by atoms with Crippen LogP contribution in [0, 0.1) is 0 Å². The molecule has 0 aromatic carbocycles. The molecule has 0 radical (unpaired) electrons. The molecular weight excluding hydrogens is 360 g/mol.